The minimum atomic E-state index is -0.794. The quantitative estimate of drug-likeness (QED) is 0.463. The largest absolute Gasteiger partial charge is 0.481 e. The predicted octanol–water partition coefficient (Wildman–Crippen LogP) is 6.17. The van der Waals surface area contributed by atoms with E-state index in [1.54, 1.807) is 0 Å². The molecule has 0 radical (unpaired) electrons. The van der Waals surface area contributed by atoms with Crippen LogP contribution in [0.5, 0.6) is 0 Å². The molecule has 4 fully saturated rings. The van der Waals surface area contributed by atoms with Crippen LogP contribution in [0, 0.1) is 44.8 Å². The van der Waals surface area contributed by atoms with Crippen molar-refractivity contribution >= 4 is 11.8 Å². The van der Waals surface area contributed by atoms with E-state index < -0.39 is 17.0 Å². The standard InChI is InChI=1S/C29H44O4/c1-24(2)20-9-12-28(6)21(26(20,4)11-10-22(24)30)8-7-18-19-17-25(3,33)13-15-29(19,23(31)32)16-14-27(18,28)5/h7,19-21,33H,8-17H2,1-6H3,(H,31,32). The molecule has 0 saturated heterocycles. The van der Waals surface area contributed by atoms with Crippen LogP contribution in [0.3, 0.4) is 0 Å². The minimum absolute atomic E-state index is 0.0491. The molecule has 184 valence electrons. The highest BCUT2D eigenvalue weighted by Crippen LogP contribution is 2.75. The molecule has 5 rings (SSSR count). The topological polar surface area (TPSA) is 74.6 Å². The van der Waals surface area contributed by atoms with Gasteiger partial charge in [0, 0.05) is 11.8 Å². The molecule has 8 unspecified atom stereocenters. The van der Waals surface area contributed by atoms with Gasteiger partial charge in [-0.3, -0.25) is 9.59 Å². The van der Waals surface area contributed by atoms with Gasteiger partial charge in [0.1, 0.15) is 5.78 Å². The van der Waals surface area contributed by atoms with Gasteiger partial charge in [-0.15, -0.1) is 0 Å². The number of hydrogen-bond acceptors (Lipinski definition) is 3. The van der Waals surface area contributed by atoms with Crippen LogP contribution >= 0.6 is 0 Å². The fourth-order valence-corrected chi connectivity index (χ4v) is 10.2. The smallest absolute Gasteiger partial charge is 0.310 e. The first kappa shape index (κ1) is 23.6. The zero-order chi connectivity index (χ0) is 24.2. The molecule has 4 saturated carbocycles. The van der Waals surface area contributed by atoms with Crippen LogP contribution in [0.2, 0.25) is 0 Å². The number of allylic oxidation sites excluding steroid dienone is 2. The Morgan fingerprint density at radius 3 is 2.27 bits per heavy atom. The molecule has 0 spiro atoms. The molecule has 0 aromatic heterocycles. The average molecular weight is 457 g/mol. The summed E-state index contributed by atoms with van der Waals surface area (Å²) in [7, 11) is 0. The van der Waals surface area contributed by atoms with E-state index in [4.69, 9.17) is 0 Å². The van der Waals surface area contributed by atoms with Crippen LogP contribution in [0.25, 0.3) is 0 Å². The molecule has 0 amide bonds. The molecule has 33 heavy (non-hydrogen) atoms. The van der Waals surface area contributed by atoms with Gasteiger partial charge < -0.3 is 10.2 Å². The van der Waals surface area contributed by atoms with E-state index >= 15 is 0 Å². The third kappa shape index (κ3) is 2.79. The number of Topliss-reactive ketones (excluding diaryl/α,β-unsaturated/α-hetero) is 1. The molecule has 2 N–H and O–H groups in total. The summed E-state index contributed by atoms with van der Waals surface area (Å²) in [4.78, 5) is 25.5. The molecule has 5 aliphatic rings. The second kappa shape index (κ2) is 6.74. The molecular weight excluding hydrogens is 412 g/mol. The highest BCUT2D eigenvalue weighted by atomic mass is 16.4. The Hall–Kier alpha value is -1.16. The van der Waals surface area contributed by atoms with Gasteiger partial charge in [-0.2, -0.15) is 0 Å². The fraction of sp³-hybridized carbons (Fsp3) is 0.862. The summed E-state index contributed by atoms with van der Waals surface area (Å²) in [5.41, 5.74) is -0.266. The lowest BCUT2D eigenvalue weighted by atomic mass is 9.34. The van der Waals surface area contributed by atoms with Crippen molar-refractivity contribution < 1.29 is 19.8 Å². The van der Waals surface area contributed by atoms with Gasteiger partial charge >= 0.3 is 5.97 Å². The Labute approximate surface area is 199 Å². The van der Waals surface area contributed by atoms with Crippen molar-refractivity contribution in [1.82, 2.24) is 0 Å². The van der Waals surface area contributed by atoms with Crippen LogP contribution in [-0.4, -0.2) is 27.6 Å². The number of ketones is 1. The number of carbonyl (C=O) groups excluding carboxylic acids is 1. The molecule has 0 aliphatic heterocycles. The van der Waals surface area contributed by atoms with Crippen LogP contribution in [-0.2, 0) is 9.59 Å². The number of carboxylic acid groups (broad SMARTS) is 1. The first-order chi connectivity index (χ1) is 15.1. The van der Waals surface area contributed by atoms with E-state index in [0.717, 1.165) is 32.1 Å². The van der Waals surface area contributed by atoms with Crippen LogP contribution < -0.4 is 0 Å². The van der Waals surface area contributed by atoms with E-state index in [-0.39, 0.29) is 27.6 Å². The summed E-state index contributed by atoms with van der Waals surface area (Å²) < 4.78 is 0. The predicted molar refractivity (Wildman–Crippen MR) is 129 cm³/mol. The lowest BCUT2D eigenvalue weighted by Crippen LogP contribution is -2.65. The SMILES string of the molecule is CC1(O)CCC2(C(=O)O)CCC3(C)C(=CCC4C5(C)CCC(=O)C(C)(C)C5CCC43C)C2C1. The second-order valence-electron chi connectivity index (χ2n) is 14.2. The molecule has 0 aromatic rings. The van der Waals surface area contributed by atoms with E-state index in [2.05, 4.69) is 40.7 Å². The monoisotopic (exact) mass is 456 g/mol. The van der Waals surface area contributed by atoms with Crippen molar-refractivity contribution in [2.24, 2.45) is 44.8 Å². The first-order valence-corrected chi connectivity index (χ1v) is 13.3. The molecule has 0 heterocycles. The Kier molecular flexibility index (Phi) is 4.81. The number of aliphatic carboxylic acids is 1. The maximum Gasteiger partial charge on any atom is 0.310 e. The Morgan fingerprint density at radius 2 is 1.61 bits per heavy atom. The summed E-state index contributed by atoms with van der Waals surface area (Å²) in [5.74, 6) is 0.609. The third-order valence-corrected chi connectivity index (χ3v) is 12.6. The van der Waals surface area contributed by atoms with Crippen molar-refractivity contribution in [1.29, 1.82) is 0 Å². The first-order valence-electron chi connectivity index (χ1n) is 13.3. The van der Waals surface area contributed by atoms with Crippen LogP contribution in [0.4, 0.5) is 0 Å². The summed E-state index contributed by atoms with van der Waals surface area (Å²) in [5, 5.41) is 21.4. The summed E-state index contributed by atoms with van der Waals surface area (Å²) in [6.45, 7) is 13.6. The number of carbonyl (C=O) groups is 2. The van der Waals surface area contributed by atoms with Gasteiger partial charge in [0.2, 0.25) is 0 Å². The van der Waals surface area contributed by atoms with Gasteiger partial charge in [0.25, 0.3) is 0 Å². The highest BCUT2D eigenvalue weighted by molar-refractivity contribution is 5.85. The molecule has 8 atom stereocenters. The van der Waals surface area contributed by atoms with Crippen molar-refractivity contribution in [2.45, 2.75) is 111 Å². The molecule has 4 heteroatoms. The van der Waals surface area contributed by atoms with Crippen LogP contribution in [0.15, 0.2) is 11.6 Å². The van der Waals surface area contributed by atoms with E-state index in [9.17, 15) is 19.8 Å². The number of aliphatic hydroxyl groups is 1. The van der Waals surface area contributed by atoms with Gasteiger partial charge in [-0.25, -0.2) is 0 Å². The minimum Gasteiger partial charge on any atom is -0.481 e. The Balaban J connectivity index is 1.60. The number of fused-ring (bicyclic) bond motifs is 7. The molecule has 0 aromatic carbocycles. The maximum absolute atomic E-state index is 12.9. The van der Waals surface area contributed by atoms with Crippen molar-refractivity contribution in [2.75, 3.05) is 0 Å². The lowest BCUT2D eigenvalue weighted by Gasteiger charge is -2.70. The Morgan fingerprint density at radius 1 is 0.939 bits per heavy atom. The number of hydrogen-bond donors (Lipinski definition) is 2. The maximum atomic E-state index is 12.9. The van der Waals surface area contributed by atoms with E-state index in [0.29, 0.717) is 49.7 Å². The zero-order valence-electron chi connectivity index (χ0n) is 21.6. The third-order valence-electron chi connectivity index (χ3n) is 12.6. The van der Waals surface area contributed by atoms with Gasteiger partial charge in [0.15, 0.2) is 0 Å². The average Bonchev–Trinajstić information content (AvgIpc) is 2.71. The van der Waals surface area contributed by atoms with E-state index in [1.807, 2.05) is 6.92 Å². The van der Waals surface area contributed by atoms with Gasteiger partial charge in [-0.05, 0) is 98.7 Å². The summed E-state index contributed by atoms with van der Waals surface area (Å²) in [6, 6.07) is 0. The fourth-order valence-electron chi connectivity index (χ4n) is 10.2. The molecule has 4 nitrogen and oxygen atoms in total. The highest BCUT2D eigenvalue weighted by Gasteiger charge is 2.69. The van der Waals surface area contributed by atoms with Crippen molar-refractivity contribution in [3.8, 4) is 0 Å². The molecular formula is C29H44O4. The van der Waals surface area contributed by atoms with Crippen molar-refractivity contribution in [3.05, 3.63) is 11.6 Å². The number of carboxylic acids is 1. The zero-order valence-corrected chi connectivity index (χ0v) is 21.6. The van der Waals surface area contributed by atoms with E-state index in [1.165, 1.54) is 5.57 Å². The second-order valence-corrected chi connectivity index (χ2v) is 14.2. The summed E-state index contributed by atoms with van der Waals surface area (Å²) >= 11 is 0. The van der Waals surface area contributed by atoms with Crippen molar-refractivity contribution in [3.63, 3.8) is 0 Å². The lowest BCUT2D eigenvalue weighted by molar-refractivity contribution is -0.191. The van der Waals surface area contributed by atoms with Gasteiger partial charge in [-0.1, -0.05) is 46.3 Å². The summed E-state index contributed by atoms with van der Waals surface area (Å²) in [6.07, 6.45) is 10.6. The van der Waals surface area contributed by atoms with Gasteiger partial charge in [0.05, 0.1) is 11.0 Å². The molecule has 5 aliphatic carbocycles. The molecule has 0 bridgehead atoms. The Bertz CT molecular complexity index is 930. The normalized spacial score (nSPS) is 53.1. The number of rotatable bonds is 1. The van der Waals surface area contributed by atoms with Crippen LogP contribution in [0.1, 0.15) is 106 Å².